The first-order chi connectivity index (χ1) is 12.3. The van der Waals surface area contributed by atoms with Crippen molar-refractivity contribution in [3.8, 4) is 28.1 Å². The maximum Gasteiger partial charge on any atom is 0.263 e. The Balaban J connectivity index is 2.00. The minimum absolute atomic E-state index is 0.0844. The van der Waals surface area contributed by atoms with Crippen LogP contribution in [0.1, 0.15) is 0 Å². The van der Waals surface area contributed by atoms with Gasteiger partial charge in [0.2, 0.25) is 0 Å². The molecule has 0 aliphatic heterocycles. The molecule has 0 amide bonds. The Bertz CT molecular complexity index is 979. The van der Waals surface area contributed by atoms with Gasteiger partial charge in [-0.3, -0.25) is 19.3 Å². The van der Waals surface area contributed by atoms with Crippen molar-refractivity contribution in [3.05, 3.63) is 102 Å². The molecule has 120 valence electrons. The van der Waals surface area contributed by atoms with Gasteiger partial charge < -0.3 is 0 Å². The third-order valence-electron chi connectivity index (χ3n) is 3.99. The van der Waals surface area contributed by atoms with Gasteiger partial charge in [-0.15, -0.1) is 0 Å². The van der Waals surface area contributed by atoms with Crippen molar-refractivity contribution >= 4 is 0 Å². The van der Waals surface area contributed by atoms with Crippen LogP contribution in [0.15, 0.2) is 96.3 Å². The average Bonchev–Trinajstić information content (AvgIpc) is 2.70. The maximum atomic E-state index is 13.1. The summed E-state index contributed by atoms with van der Waals surface area (Å²) in [5.74, 6) is 0. The molecular formula is C21H15N3O. The van der Waals surface area contributed by atoms with Crippen molar-refractivity contribution in [1.82, 2.24) is 14.5 Å². The van der Waals surface area contributed by atoms with Gasteiger partial charge in [0, 0.05) is 29.7 Å². The molecule has 0 bridgehead atoms. The van der Waals surface area contributed by atoms with Gasteiger partial charge in [0.05, 0.1) is 17.6 Å². The lowest BCUT2D eigenvalue weighted by molar-refractivity contribution is 0.981. The highest BCUT2D eigenvalue weighted by Crippen LogP contribution is 2.23. The fourth-order valence-electron chi connectivity index (χ4n) is 2.77. The lowest BCUT2D eigenvalue weighted by Crippen LogP contribution is -2.20. The molecule has 0 saturated carbocycles. The SMILES string of the molecule is O=c1c(-c2ccccc2)cc(-c2ccccn2)cn1-c1cccnc1. The molecule has 4 rings (SSSR count). The van der Waals surface area contributed by atoms with Gasteiger partial charge in [-0.2, -0.15) is 0 Å². The first-order valence-electron chi connectivity index (χ1n) is 7.97. The summed E-state index contributed by atoms with van der Waals surface area (Å²) < 4.78 is 1.62. The number of nitrogens with zero attached hydrogens (tertiary/aromatic N) is 3. The minimum atomic E-state index is -0.0844. The molecule has 0 aliphatic carbocycles. The number of pyridine rings is 3. The monoisotopic (exact) mass is 325 g/mol. The van der Waals surface area contributed by atoms with Crippen LogP contribution in [0, 0.1) is 0 Å². The van der Waals surface area contributed by atoms with E-state index in [1.54, 1.807) is 23.2 Å². The Hall–Kier alpha value is -3.53. The molecule has 0 unspecified atom stereocenters. The first kappa shape index (κ1) is 15.0. The summed E-state index contributed by atoms with van der Waals surface area (Å²) in [5, 5.41) is 0. The van der Waals surface area contributed by atoms with Crippen LogP contribution >= 0.6 is 0 Å². The highest BCUT2D eigenvalue weighted by atomic mass is 16.1. The number of hydrogen-bond donors (Lipinski definition) is 0. The Morgan fingerprint density at radius 2 is 1.64 bits per heavy atom. The normalized spacial score (nSPS) is 10.6. The molecule has 0 aliphatic rings. The highest BCUT2D eigenvalue weighted by Gasteiger charge is 2.12. The van der Waals surface area contributed by atoms with Gasteiger partial charge in [-0.05, 0) is 35.9 Å². The number of aromatic nitrogens is 3. The van der Waals surface area contributed by atoms with Gasteiger partial charge in [0.25, 0.3) is 5.56 Å². The molecule has 0 radical (unpaired) electrons. The van der Waals surface area contributed by atoms with Crippen LogP contribution in [0.3, 0.4) is 0 Å². The maximum absolute atomic E-state index is 13.1. The summed E-state index contributed by atoms with van der Waals surface area (Å²) in [6.45, 7) is 0. The second-order valence-electron chi connectivity index (χ2n) is 5.61. The molecule has 0 atom stereocenters. The standard InChI is InChI=1S/C21H15N3O/c25-21-19(16-7-2-1-3-8-16)13-17(20-10-4-5-12-23-20)15-24(21)18-9-6-11-22-14-18/h1-15H. The predicted octanol–water partition coefficient (Wildman–Crippen LogP) is 3.96. The van der Waals surface area contributed by atoms with E-state index in [1.807, 2.05) is 72.9 Å². The first-order valence-corrected chi connectivity index (χ1v) is 7.97. The predicted molar refractivity (Wildman–Crippen MR) is 98.5 cm³/mol. The van der Waals surface area contributed by atoms with Crippen molar-refractivity contribution in [3.63, 3.8) is 0 Å². The zero-order valence-electron chi connectivity index (χ0n) is 13.4. The molecule has 3 heterocycles. The molecule has 0 saturated heterocycles. The van der Waals surface area contributed by atoms with Crippen LogP contribution in [-0.4, -0.2) is 14.5 Å². The van der Waals surface area contributed by atoms with Crippen LogP contribution in [0.4, 0.5) is 0 Å². The van der Waals surface area contributed by atoms with E-state index >= 15 is 0 Å². The van der Waals surface area contributed by atoms with Crippen LogP contribution in [-0.2, 0) is 0 Å². The molecule has 3 aromatic heterocycles. The number of rotatable bonds is 3. The summed E-state index contributed by atoms with van der Waals surface area (Å²) >= 11 is 0. The van der Waals surface area contributed by atoms with Crippen LogP contribution in [0.25, 0.3) is 28.1 Å². The van der Waals surface area contributed by atoms with E-state index in [0.717, 1.165) is 22.5 Å². The topological polar surface area (TPSA) is 47.8 Å². The van der Waals surface area contributed by atoms with Crippen molar-refractivity contribution in [2.24, 2.45) is 0 Å². The Morgan fingerprint density at radius 3 is 2.36 bits per heavy atom. The van der Waals surface area contributed by atoms with Crippen molar-refractivity contribution in [1.29, 1.82) is 0 Å². The van der Waals surface area contributed by atoms with E-state index in [0.29, 0.717) is 5.56 Å². The average molecular weight is 325 g/mol. The van der Waals surface area contributed by atoms with E-state index < -0.39 is 0 Å². The minimum Gasteiger partial charge on any atom is -0.282 e. The lowest BCUT2D eigenvalue weighted by Gasteiger charge is -2.12. The summed E-state index contributed by atoms with van der Waals surface area (Å²) in [5.41, 5.74) is 3.84. The quantitative estimate of drug-likeness (QED) is 0.573. The second kappa shape index (κ2) is 6.53. The van der Waals surface area contributed by atoms with Gasteiger partial charge >= 0.3 is 0 Å². The van der Waals surface area contributed by atoms with E-state index in [1.165, 1.54) is 0 Å². The van der Waals surface area contributed by atoms with Crippen molar-refractivity contribution < 1.29 is 0 Å². The van der Waals surface area contributed by atoms with Gasteiger partial charge in [-0.25, -0.2) is 0 Å². The highest BCUT2D eigenvalue weighted by molar-refractivity contribution is 5.70. The Labute approximate surface area is 145 Å². The molecule has 4 aromatic rings. The molecule has 4 nitrogen and oxygen atoms in total. The van der Waals surface area contributed by atoms with Crippen LogP contribution in [0.5, 0.6) is 0 Å². The van der Waals surface area contributed by atoms with Crippen molar-refractivity contribution in [2.45, 2.75) is 0 Å². The van der Waals surface area contributed by atoms with E-state index in [9.17, 15) is 4.79 Å². The zero-order chi connectivity index (χ0) is 17.1. The van der Waals surface area contributed by atoms with E-state index in [-0.39, 0.29) is 5.56 Å². The number of hydrogen-bond acceptors (Lipinski definition) is 3. The molecule has 0 spiro atoms. The second-order valence-corrected chi connectivity index (χ2v) is 5.61. The van der Waals surface area contributed by atoms with E-state index in [2.05, 4.69) is 9.97 Å². The van der Waals surface area contributed by atoms with Crippen LogP contribution in [0.2, 0.25) is 0 Å². The summed E-state index contributed by atoms with van der Waals surface area (Å²) in [4.78, 5) is 21.6. The molecule has 1 aromatic carbocycles. The third kappa shape index (κ3) is 2.97. The fourth-order valence-corrected chi connectivity index (χ4v) is 2.77. The summed E-state index contributed by atoms with van der Waals surface area (Å²) in [6.07, 6.45) is 6.93. The number of benzene rings is 1. The zero-order valence-corrected chi connectivity index (χ0v) is 13.4. The van der Waals surface area contributed by atoms with Gasteiger partial charge in [0.1, 0.15) is 0 Å². The van der Waals surface area contributed by atoms with Crippen molar-refractivity contribution in [2.75, 3.05) is 0 Å². The van der Waals surface area contributed by atoms with Gasteiger partial charge in [-0.1, -0.05) is 36.4 Å². The summed E-state index contributed by atoms with van der Waals surface area (Å²) in [7, 11) is 0. The largest absolute Gasteiger partial charge is 0.282 e. The lowest BCUT2D eigenvalue weighted by atomic mass is 10.0. The van der Waals surface area contributed by atoms with Gasteiger partial charge in [0.15, 0.2) is 0 Å². The molecule has 0 N–H and O–H groups in total. The Kier molecular flexibility index (Phi) is 3.92. The molecule has 25 heavy (non-hydrogen) atoms. The fraction of sp³-hybridized carbons (Fsp3) is 0. The molecular weight excluding hydrogens is 310 g/mol. The Morgan fingerprint density at radius 1 is 0.800 bits per heavy atom. The third-order valence-corrected chi connectivity index (χ3v) is 3.99. The summed E-state index contributed by atoms with van der Waals surface area (Å²) in [6, 6.07) is 21.0. The molecule has 0 fully saturated rings. The van der Waals surface area contributed by atoms with E-state index in [4.69, 9.17) is 0 Å². The van der Waals surface area contributed by atoms with Crippen LogP contribution < -0.4 is 5.56 Å². The molecule has 4 heteroatoms. The smallest absolute Gasteiger partial charge is 0.263 e.